The molecule has 1 aliphatic heterocycles. The zero-order valence-electron chi connectivity index (χ0n) is 19.2. The number of thiol groups is 1. The van der Waals surface area contributed by atoms with Gasteiger partial charge in [-0.2, -0.15) is 5.26 Å². The third-order valence-electron chi connectivity index (χ3n) is 5.74. The summed E-state index contributed by atoms with van der Waals surface area (Å²) in [6.07, 6.45) is 2.13. The Hall–Kier alpha value is -3.05. The van der Waals surface area contributed by atoms with Gasteiger partial charge in [0, 0.05) is 23.8 Å². The van der Waals surface area contributed by atoms with Gasteiger partial charge in [-0.1, -0.05) is 47.1 Å². The summed E-state index contributed by atoms with van der Waals surface area (Å²) < 4.78 is 19.6. The van der Waals surface area contributed by atoms with Crippen LogP contribution in [-0.4, -0.2) is 60.4 Å². The van der Waals surface area contributed by atoms with Gasteiger partial charge in [-0.3, -0.25) is 0 Å². The lowest BCUT2D eigenvalue weighted by Crippen LogP contribution is -2.55. The van der Waals surface area contributed by atoms with E-state index in [2.05, 4.69) is 32.9 Å². The highest BCUT2D eigenvalue weighted by molar-refractivity contribution is 7.80. The average Bonchev–Trinajstić information content (AvgIpc) is 3.61. The van der Waals surface area contributed by atoms with E-state index in [4.69, 9.17) is 25.8 Å². The summed E-state index contributed by atoms with van der Waals surface area (Å²) in [6.45, 7) is 0.189. The standard InChI is InChI=1S/C24H21ClN6O4S2/c25-15-8-18(16(9-26)28-10-15)33-13-19-21(32)20(31-11-17(29-30-31)23-27-6-7-37-23)22(24(36)35-19)34-12-14-4-2-1-3-5-14/h1-8,10-11,19-22,24,32,36H,12-13H2/t19-,20+,21+,22-,24-/m1/s1. The number of hydrogen-bond donors (Lipinski definition) is 2. The quantitative estimate of drug-likeness (QED) is 0.313. The summed E-state index contributed by atoms with van der Waals surface area (Å²) >= 11 is 12.1. The lowest BCUT2D eigenvalue weighted by molar-refractivity contribution is -0.193. The molecule has 0 spiro atoms. The van der Waals surface area contributed by atoms with Crippen LogP contribution in [-0.2, 0) is 16.1 Å². The molecule has 1 aromatic carbocycles. The maximum absolute atomic E-state index is 11.4. The Morgan fingerprint density at radius 2 is 2.11 bits per heavy atom. The molecule has 4 heterocycles. The SMILES string of the molecule is N#Cc1ncc(Cl)cc1OC[C@H]1O[C@H](S)[C@H](OCc2ccccc2)[C@@H](n2cc(-c3nccs3)nn2)[C@H]1O. The number of aromatic nitrogens is 5. The van der Waals surface area contributed by atoms with Crippen LogP contribution in [0.4, 0.5) is 0 Å². The number of thiazole rings is 1. The smallest absolute Gasteiger partial charge is 0.182 e. The fourth-order valence-corrected chi connectivity index (χ4v) is 5.12. The largest absolute Gasteiger partial charge is 0.488 e. The Morgan fingerprint density at radius 3 is 2.86 bits per heavy atom. The molecule has 0 radical (unpaired) electrons. The topological polar surface area (TPSA) is 128 Å². The third kappa shape index (κ3) is 5.77. The first-order valence-corrected chi connectivity index (χ1v) is 13.0. The van der Waals surface area contributed by atoms with Crippen LogP contribution in [0.3, 0.4) is 0 Å². The molecule has 5 atom stereocenters. The summed E-state index contributed by atoms with van der Waals surface area (Å²) in [7, 11) is 0. The molecule has 10 nitrogen and oxygen atoms in total. The molecule has 37 heavy (non-hydrogen) atoms. The van der Waals surface area contributed by atoms with E-state index >= 15 is 0 Å². The van der Waals surface area contributed by atoms with Crippen molar-refractivity contribution >= 4 is 35.6 Å². The van der Waals surface area contributed by atoms with Crippen molar-refractivity contribution in [1.29, 1.82) is 5.26 Å². The van der Waals surface area contributed by atoms with Crippen molar-refractivity contribution in [2.24, 2.45) is 0 Å². The molecule has 0 amide bonds. The van der Waals surface area contributed by atoms with Crippen LogP contribution in [0.15, 0.2) is 60.4 Å². The van der Waals surface area contributed by atoms with Crippen LogP contribution in [0, 0.1) is 11.3 Å². The second kappa shape index (κ2) is 11.6. The van der Waals surface area contributed by atoms with Gasteiger partial charge in [-0.15, -0.1) is 29.1 Å². The Labute approximate surface area is 226 Å². The molecule has 0 aliphatic carbocycles. The third-order valence-corrected chi connectivity index (χ3v) is 7.16. The highest BCUT2D eigenvalue weighted by Gasteiger charge is 2.47. The second-order valence-electron chi connectivity index (χ2n) is 8.15. The first-order chi connectivity index (χ1) is 18.0. The van der Waals surface area contributed by atoms with E-state index < -0.39 is 29.8 Å². The molecule has 5 rings (SSSR count). The molecule has 1 aliphatic rings. The molecule has 1 fully saturated rings. The molecular weight excluding hydrogens is 536 g/mol. The van der Waals surface area contributed by atoms with E-state index in [-0.39, 0.29) is 24.7 Å². The fraction of sp³-hybridized carbons (Fsp3) is 0.292. The number of nitrogens with zero attached hydrogens (tertiary/aromatic N) is 6. The highest BCUT2D eigenvalue weighted by atomic mass is 35.5. The van der Waals surface area contributed by atoms with Crippen LogP contribution in [0.1, 0.15) is 17.3 Å². The van der Waals surface area contributed by atoms with Gasteiger partial charge in [-0.05, 0) is 5.56 Å². The molecule has 13 heteroatoms. The first-order valence-electron chi connectivity index (χ1n) is 11.2. The lowest BCUT2D eigenvalue weighted by Gasteiger charge is -2.42. The number of benzene rings is 1. The molecule has 190 valence electrons. The first kappa shape index (κ1) is 25.6. The number of pyridine rings is 1. The minimum Gasteiger partial charge on any atom is -0.488 e. The minimum atomic E-state index is -1.12. The highest BCUT2D eigenvalue weighted by Crippen LogP contribution is 2.35. The molecule has 1 N–H and O–H groups in total. The van der Waals surface area contributed by atoms with Gasteiger partial charge in [0.25, 0.3) is 0 Å². The van der Waals surface area contributed by atoms with E-state index in [0.29, 0.717) is 15.7 Å². The van der Waals surface area contributed by atoms with Crippen LogP contribution in [0.25, 0.3) is 10.7 Å². The van der Waals surface area contributed by atoms with Crippen LogP contribution in [0.5, 0.6) is 5.75 Å². The van der Waals surface area contributed by atoms with Gasteiger partial charge >= 0.3 is 0 Å². The van der Waals surface area contributed by atoms with Crippen LogP contribution < -0.4 is 4.74 Å². The Morgan fingerprint density at radius 1 is 1.27 bits per heavy atom. The summed E-state index contributed by atoms with van der Waals surface area (Å²) in [5.74, 6) is 0.187. The van der Waals surface area contributed by atoms with Crippen molar-refractivity contribution in [2.45, 2.75) is 36.4 Å². The van der Waals surface area contributed by atoms with Crippen molar-refractivity contribution in [2.75, 3.05) is 6.61 Å². The number of rotatable bonds is 8. The number of aliphatic hydroxyl groups is 1. The number of nitriles is 1. The van der Waals surface area contributed by atoms with Crippen molar-refractivity contribution in [3.8, 4) is 22.5 Å². The molecular formula is C24H21ClN6O4S2. The van der Waals surface area contributed by atoms with E-state index in [1.54, 1.807) is 17.1 Å². The Kier molecular flexibility index (Phi) is 7.99. The van der Waals surface area contributed by atoms with Gasteiger partial charge in [0.2, 0.25) is 0 Å². The zero-order chi connectivity index (χ0) is 25.8. The predicted molar refractivity (Wildman–Crippen MR) is 138 cm³/mol. The predicted octanol–water partition coefficient (Wildman–Crippen LogP) is 3.54. The van der Waals surface area contributed by atoms with Crippen LogP contribution in [0.2, 0.25) is 5.02 Å². The van der Waals surface area contributed by atoms with E-state index in [1.807, 2.05) is 41.8 Å². The van der Waals surface area contributed by atoms with Gasteiger partial charge < -0.3 is 19.3 Å². The van der Waals surface area contributed by atoms with Crippen molar-refractivity contribution in [1.82, 2.24) is 25.0 Å². The fourth-order valence-electron chi connectivity index (χ4n) is 3.97. The normalized spacial score (nSPS) is 23.5. The Bertz CT molecular complexity index is 1370. The van der Waals surface area contributed by atoms with Gasteiger partial charge in [0.15, 0.2) is 11.4 Å². The number of hydrogen-bond acceptors (Lipinski definition) is 11. The van der Waals surface area contributed by atoms with Gasteiger partial charge in [0.05, 0.1) is 17.8 Å². The Balaban J connectivity index is 1.40. The van der Waals surface area contributed by atoms with E-state index in [9.17, 15) is 10.4 Å². The van der Waals surface area contributed by atoms with Crippen molar-refractivity contribution < 1.29 is 19.3 Å². The van der Waals surface area contributed by atoms with Gasteiger partial charge in [0.1, 0.15) is 53.2 Å². The van der Waals surface area contributed by atoms with E-state index in [0.717, 1.165) is 5.56 Å². The monoisotopic (exact) mass is 556 g/mol. The summed E-state index contributed by atoms with van der Waals surface area (Å²) in [5.41, 5.74) is 0.872. The van der Waals surface area contributed by atoms with Crippen molar-refractivity contribution in [3.63, 3.8) is 0 Å². The molecule has 3 aromatic heterocycles. The molecule has 1 saturated heterocycles. The maximum Gasteiger partial charge on any atom is 0.182 e. The maximum atomic E-state index is 11.4. The van der Waals surface area contributed by atoms with Crippen molar-refractivity contribution in [3.05, 3.63) is 76.6 Å². The van der Waals surface area contributed by atoms with E-state index in [1.165, 1.54) is 23.6 Å². The van der Waals surface area contributed by atoms with Gasteiger partial charge in [-0.25, -0.2) is 14.6 Å². The lowest BCUT2D eigenvalue weighted by atomic mass is 9.97. The minimum absolute atomic E-state index is 0.0714. The summed E-state index contributed by atoms with van der Waals surface area (Å²) in [6, 6.07) is 12.4. The summed E-state index contributed by atoms with van der Waals surface area (Å²) in [4.78, 5) is 8.25. The molecule has 0 saturated carbocycles. The summed E-state index contributed by atoms with van der Waals surface area (Å²) in [5, 5.41) is 32.1. The second-order valence-corrected chi connectivity index (χ2v) is 9.99. The molecule has 0 bridgehead atoms. The molecule has 0 unspecified atom stereocenters. The number of halogens is 1. The average molecular weight is 557 g/mol. The molecule has 4 aromatic rings. The number of aliphatic hydroxyl groups excluding tert-OH is 1. The zero-order valence-corrected chi connectivity index (χ0v) is 21.6. The van der Waals surface area contributed by atoms with Crippen LogP contribution >= 0.6 is 35.6 Å². The number of ether oxygens (including phenoxy) is 3.